The van der Waals surface area contributed by atoms with Gasteiger partial charge in [0.05, 0.1) is 18.5 Å². The number of carboxylic acids is 1. The van der Waals surface area contributed by atoms with E-state index >= 15 is 0 Å². The first kappa shape index (κ1) is 30.0. The number of nitrogens with two attached hydrogens (primary N) is 2. The Morgan fingerprint density at radius 2 is 1.69 bits per heavy atom. The molecule has 0 radical (unpaired) electrons. The number of hydrogen-bond donors (Lipinski definition) is 8. The monoisotopic (exact) mass is 497 g/mol. The van der Waals surface area contributed by atoms with E-state index in [2.05, 4.69) is 25.9 Å². The molecule has 3 amide bonds. The van der Waals surface area contributed by atoms with Gasteiger partial charge >= 0.3 is 5.97 Å². The zero-order valence-electron chi connectivity index (χ0n) is 20.5. The number of aromatic nitrogens is 2. The predicted octanol–water partition coefficient (Wildman–Crippen LogP) is -1.63. The van der Waals surface area contributed by atoms with E-state index in [1.807, 2.05) is 13.8 Å². The SMILES string of the molecule is CC(C)CC(N)C(=O)NC(C(=O)NC(Cc1cnc[nH]1)C(=O)NC(CCCCN)C(=O)O)C(C)O. The topological polar surface area (TPSA) is 226 Å². The van der Waals surface area contributed by atoms with Crippen molar-refractivity contribution >= 4 is 23.7 Å². The summed E-state index contributed by atoms with van der Waals surface area (Å²) in [6.07, 6.45) is 3.19. The van der Waals surface area contributed by atoms with Crippen molar-refractivity contribution in [1.82, 2.24) is 25.9 Å². The molecule has 0 aliphatic heterocycles. The van der Waals surface area contributed by atoms with E-state index < -0.39 is 54.0 Å². The quantitative estimate of drug-likeness (QED) is 0.123. The molecular formula is C22H39N7O6. The van der Waals surface area contributed by atoms with Gasteiger partial charge in [0.15, 0.2) is 0 Å². The van der Waals surface area contributed by atoms with Crippen LogP contribution in [0.4, 0.5) is 0 Å². The fourth-order valence-corrected chi connectivity index (χ4v) is 3.39. The number of amides is 3. The molecule has 1 heterocycles. The zero-order valence-corrected chi connectivity index (χ0v) is 20.5. The first-order chi connectivity index (χ1) is 16.5. The van der Waals surface area contributed by atoms with E-state index in [0.717, 1.165) is 0 Å². The lowest BCUT2D eigenvalue weighted by Gasteiger charge is -2.26. The second kappa shape index (κ2) is 15.1. The van der Waals surface area contributed by atoms with Crippen LogP contribution in [0.1, 0.15) is 52.1 Å². The Bertz CT molecular complexity index is 815. The predicted molar refractivity (Wildman–Crippen MR) is 128 cm³/mol. The number of unbranched alkanes of at least 4 members (excludes halogenated alkanes) is 1. The second-order valence-corrected chi connectivity index (χ2v) is 8.99. The average Bonchev–Trinajstić information content (AvgIpc) is 3.28. The maximum atomic E-state index is 13.0. The molecule has 198 valence electrons. The summed E-state index contributed by atoms with van der Waals surface area (Å²) in [5, 5.41) is 27.0. The van der Waals surface area contributed by atoms with Crippen LogP contribution in [-0.4, -0.2) is 80.7 Å². The summed E-state index contributed by atoms with van der Waals surface area (Å²) in [4.78, 5) is 56.7. The van der Waals surface area contributed by atoms with Crippen molar-refractivity contribution in [1.29, 1.82) is 0 Å². The molecule has 0 saturated carbocycles. The van der Waals surface area contributed by atoms with Crippen LogP contribution in [0.2, 0.25) is 0 Å². The Morgan fingerprint density at radius 3 is 2.20 bits per heavy atom. The van der Waals surface area contributed by atoms with E-state index in [1.165, 1.54) is 19.4 Å². The van der Waals surface area contributed by atoms with Crippen molar-refractivity contribution in [2.75, 3.05) is 6.54 Å². The molecule has 10 N–H and O–H groups in total. The molecule has 5 unspecified atom stereocenters. The molecule has 5 atom stereocenters. The first-order valence-electron chi connectivity index (χ1n) is 11.7. The summed E-state index contributed by atoms with van der Waals surface area (Å²) < 4.78 is 0. The molecule has 0 bridgehead atoms. The van der Waals surface area contributed by atoms with Crippen molar-refractivity contribution in [3.05, 3.63) is 18.2 Å². The minimum atomic E-state index is -1.38. The molecule has 0 fully saturated rings. The summed E-state index contributed by atoms with van der Waals surface area (Å²) in [5.41, 5.74) is 11.8. The normalized spacial score (nSPS) is 15.5. The van der Waals surface area contributed by atoms with E-state index in [0.29, 0.717) is 31.5 Å². The molecule has 35 heavy (non-hydrogen) atoms. The summed E-state index contributed by atoms with van der Waals surface area (Å²) in [7, 11) is 0. The van der Waals surface area contributed by atoms with Crippen LogP contribution in [0.5, 0.6) is 0 Å². The number of aliphatic hydroxyl groups excluding tert-OH is 1. The molecule has 13 heteroatoms. The van der Waals surface area contributed by atoms with Crippen molar-refractivity contribution < 1.29 is 29.4 Å². The largest absolute Gasteiger partial charge is 0.480 e. The van der Waals surface area contributed by atoms with Gasteiger partial charge in [-0.15, -0.1) is 0 Å². The lowest BCUT2D eigenvalue weighted by Crippen LogP contribution is -2.60. The number of carbonyl (C=O) groups is 4. The minimum Gasteiger partial charge on any atom is -0.480 e. The maximum Gasteiger partial charge on any atom is 0.326 e. The summed E-state index contributed by atoms with van der Waals surface area (Å²) in [6, 6.07) is -4.63. The number of aliphatic hydroxyl groups is 1. The van der Waals surface area contributed by atoms with Gasteiger partial charge in [-0.1, -0.05) is 13.8 Å². The molecule has 13 nitrogen and oxygen atoms in total. The lowest BCUT2D eigenvalue weighted by atomic mass is 10.0. The number of nitrogens with one attached hydrogen (secondary N) is 4. The van der Waals surface area contributed by atoms with Gasteiger partial charge in [0.2, 0.25) is 17.7 Å². The van der Waals surface area contributed by atoms with Gasteiger partial charge in [0.1, 0.15) is 18.1 Å². The van der Waals surface area contributed by atoms with Crippen LogP contribution in [0.3, 0.4) is 0 Å². The molecule has 1 rings (SSSR count). The highest BCUT2D eigenvalue weighted by Gasteiger charge is 2.32. The van der Waals surface area contributed by atoms with Crippen molar-refractivity contribution in [3.8, 4) is 0 Å². The van der Waals surface area contributed by atoms with Crippen LogP contribution < -0.4 is 27.4 Å². The number of nitrogens with zero attached hydrogens (tertiary/aromatic N) is 1. The van der Waals surface area contributed by atoms with E-state index in [-0.39, 0.29) is 18.8 Å². The third-order valence-electron chi connectivity index (χ3n) is 5.30. The Kier molecular flexibility index (Phi) is 12.9. The van der Waals surface area contributed by atoms with Crippen LogP contribution in [-0.2, 0) is 25.6 Å². The Labute approximate surface area is 204 Å². The number of carbonyl (C=O) groups excluding carboxylic acids is 3. The van der Waals surface area contributed by atoms with Gasteiger partial charge in [-0.2, -0.15) is 0 Å². The highest BCUT2D eigenvalue weighted by Crippen LogP contribution is 2.07. The third kappa shape index (κ3) is 10.8. The highest BCUT2D eigenvalue weighted by atomic mass is 16.4. The smallest absolute Gasteiger partial charge is 0.326 e. The van der Waals surface area contributed by atoms with E-state index in [1.54, 1.807) is 0 Å². The molecular weight excluding hydrogens is 458 g/mol. The van der Waals surface area contributed by atoms with E-state index in [9.17, 15) is 29.4 Å². The number of rotatable bonds is 16. The molecule has 0 saturated heterocycles. The fraction of sp³-hybridized carbons (Fsp3) is 0.682. The lowest BCUT2D eigenvalue weighted by molar-refractivity contribution is -0.142. The highest BCUT2D eigenvalue weighted by molar-refractivity contribution is 5.94. The summed E-state index contributed by atoms with van der Waals surface area (Å²) in [5.74, 6) is -3.24. The fourth-order valence-electron chi connectivity index (χ4n) is 3.39. The number of carboxylic acid groups (broad SMARTS) is 1. The molecule has 1 aromatic rings. The molecule has 1 aromatic heterocycles. The molecule has 0 aliphatic rings. The third-order valence-corrected chi connectivity index (χ3v) is 5.30. The minimum absolute atomic E-state index is 0.0277. The maximum absolute atomic E-state index is 13.0. The van der Waals surface area contributed by atoms with Gasteiger partial charge in [0.25, 0.3) is 0 Å². The second-order valence-electron chi connectivity index (χ2n) is 8.99. The van der Waals surface area contributed by atoms with Crippen molar-refractivity contribution in [2.24, 2.45) is 17.4 Å². The van der Waals surface area contributed by atoms with E-state index in [4.69, 9.17) is 11.5 Å². The molecule has 0 aliphatic carbocycles. The molecule has 0 aromatic carbocycles. The average molecular weight is 498 g/mol. The first-order valence-corrected chi connectivity index (χ1v) is 11.7. The number of hydrogen-bond acceptors (Lipinski definition) is 8. The van der Waals surface area contributed by atoms with Gasteiger partial charge in [-0.05, 0) is 45.1 Å². The van der Waals surface area contributed by atoms with Crippen LogP contribution in [0.15, 0.2) is 12.5 Å². The standard InChI is InChI=1S/C22H39N7O6/c1-12(2)8-15(24)19(31)29-18(13(3)30)21(33)28-17(9-14-10-25-11-26-14)20(32)27-16(22(34)35)6-4-5-7-23/h10-13,15-18,30H,4-9,23-24H2,1-3H3,(H,25,26)(H,27,32)(H,28,33)(H,29,31)(H,34,35). The Morgan fingerprint density at radius 1 is 1.03 bits per heavy atom. The van der Waals surface area contributed by atoms with Crippen LogP contribution >= 0.6 is 0 Å². The summed E-state index contributed by atoms with van der Waals surface area (Å²) in [6.45, 7) is 5.50. The number of aromatic amines is 1. The van der Waals surface area contributed by atoms with Crippen molar-refractivity contribution in [3.63, 3.8) is 0 Å². The molecule has 0 spiro atoms. The van der Waals surface area contributed by atoms with Gasteiger partial charge in [-0.3, -0.25) is 14.4 Å². The Hall–Kier alpha value is -3.03. The van der Waals surface area contributed by atoms with Gasteiger partial charge < -0.3 is 42.6 Å². The number of H-pyrrole nitrogens is 1. The van der Waals surface area contributed by atoms with Gasteiger partial charge in [-0.25, -0.2) is 9.78 Å². The number of imidazole rings is 1. The number of aliphatic carboxylic acids is 1. The Balaban J connectivity index is 2.99. The zero-order chi connectivity index (χ0) is 26.5. The summed E-state index contributed by atoms with van der Waals surface area (Å²) >= 11 is 0. The van der Waals surface area contributed by atoms with Crippen LogP contribution in [0.25, 0.3) is 0 Å². The van der Waals surface area contributed by atoms with Crippen LogP contribution in [0, 0.1) is 5.92 Å². The van der Waals surface area contributed by atoms with Gasteiger partial charge in [0, 0.05) is 18.3 Å². The van der Waals surface area contributed by atoms with Crippen molar-refractivity contribution in [2.45, 2.75) is 83.1 Å².